The lowest BCUT2D eigenvalue weighted by Gasteiger charge is -2.11. The van der Waals surface area contributed by atoms with Crippen molar-refractivity contribution in [3.63, 3.8) is 0 Å². The van der Waals surface area contributed by atoms with Crippen LogP contribution in [0.5, 0.6) is 0 Å². The first kappa shape index (κ1) is 19.1. The quantitative estimate of drug-likeness (QED) is 0.356. The molecule has 4 N–H and O–H groups in total. The van der Waals surface area contributed by atoms with Crippen LogP contribution in [-0.2, 0) is 7.05 Å². The number of aryl methyl sites for hydroxylation is 1. The fourth-order valence-corrected chi connectivity index (χ4v) is 4.34. The van der Waals surface area contributed by atoms with Crippen molar-refractivity contribution in [2.45, 2.75) is 0 Å². The molecule has 0 unspecified atom stereocenters. The van der Waals surface area contributed by atoms with Gasteiger partial charge in [-0.05, 0) is 56.7 Å². The fraction of sp³-hybridized carbons (Fsp3) is 0.0556. The zero-order valence-corrected chi connectivity index (χ0v) is 18.0. The van der Waals surface area contributed by atoms with Gasteiger partial charge in [-0.2, -0.15) is 5.26 Å². The molecule has 11 heteroatoms. The van der Waals surface area contributed by atoms with E-state index in [4.69, 9.17) is 5.73 Å². The molecule has 0 saturated carbocycles. The average molecular weight is 516 g/mol. The van der Waals surface area contributed by atoms with Gasteiger partial charge in [-0.3, -0.25) is 4.79 Å². The Balaban J connectivity index is 1.78. The fourth-order valence-electron chi connectivity index (χ4n) is 3.09. The summed E-state index contributed by atoms with van der Waals surface area (Å²) in [5, 5.41) is 26.5. The van der Waals surface area contributed by atoms with E-state index in [1.54, 1.807) is 35.9 Å². The number of amides is 1. The van der Waals surface area contributed by atoms with E-state index in [2.05, 4.69) is 63.9 Å². The Morgan fingerprint density at radius 1 is 1.28 bits per heavy atom. The highest BCUT2D eigenvalue weighted by atomic mass is 79.9. The van der Waals surface area contributed by atoms with Gasteiger partial charge in [-0.25, -0.2) is 5.10 Å². The molecule has 0 atom stereocenters. The summed E-state index contributed by atoms with van der Waals surface area (Å²) in [5.41, 5.74) is 9.27. The molecule has 9 nitrogen and oxygen atoms in total. The van der Waals surface area contributed by atoms with E-state index in [9.17, 15) is 10.1 Å². The van der Waals surface area contributed by atoms with Gasteiger partial charge >= 0.3 is 0 Å². The van der Waals surface area contributed by atoms with Crippen molar-refractivity contribution in [2.75, 3.05) is 11.1 Å². The average Bonchev–Trinajstić information content (AvgIpc) is 3.35. The summed E-state index contributed by atoms with van der Waals surface area (Å²) in [6, 6.07) is 10.5. The van der Waals surface area contributed by atoms with Crippen LogP contribution in [-0.4, -0.2) is 31.1 Å². The first-order valence-electron chi connectivity index (χ1n) is 8.23. The number of rotatable bonds is 3. The second-order valence-corrected chi connectivity index (χ2v) is 7.89. The van der Waals surface area contributed by atoms with E-state index >= 15 is 0 Å². The molecule has 0 radical (unpaired) electrons. The van der Waals surface area contributed by atoms with Crippen LogP contribution in [0.2, 0.25) is 0 Å². The molecular weight excluding hydrogens is 504 g/mol. The van der Waals surface area contributed by atoms with Crippen LogP contribution in [0.15, 0.2) is 39.3 Å². The Morgan fingerprint density at radius 3 is 2.76 bits per heavy atom. The summed E-state index contributed by atoms with van der Waals surface area (Å²) in [6.45, 7) is 0. The highest BCUT2D eigenvalue weighted by Gasteiger charge is 2.20. The molecule has 0 spiro atoms. The van der Waals surface area contributed by atoms with Crippen molar-refractivity contribution in [3.05, 3.63) is 50.5 Å². The molecule has 2 heterocycles. The number of carbonyl (C=O) groups is 1. The van der Waals surface area contributed by atoms with Gasteiger partial charge in [0.25, 0.3) is 5.91 Å². The van der Waals surface area contributed by atoms with Crippen LogP contribution in [0.25, 0.3) is 22.3 Å². The lowest BCUT2D eigenvalue weighted by Crippen LogP contribution is -2.16. The van der Waals surface area contributed by atoms with Gasteiger partial charge in [0.2, 0.25) is 0 Å². The van der Waals surface area contributed by atoms with Crippen LogP contribution >= 0.6 is 31.9 Å². The van der Waals surface area contributed by atoms with Crippen molar-refractivity contribution in [1.29, 1.82) is 5.26 Å². The van der Waals surface area contributed by atoms with Gasteiger partial charge in [-0.1, -0.05) is 15.9 Å². The number of carbonyl (C=O) groups excluding carboxylic acids is 1. The van der Waals surface area contributed by atoms with E-state index in [1.165, 1.54) is 0 Å². The third kappa shape index (κ3) is 3.26. The number of nitriles is 1. The van der Waals surface area contributed by atoms with E-state index < -0.39 is 0 Å². The lowest BCUT2D eigenvalue weighted by atomic mass is 10.1. The molecule has 144 valence electrons. The van der Waals surface area contributed by atoms with Gasteiger partial charge in [0.05, 0.1) is 28.5 Å². The minimum absolute atomic E-state index is 0.338. The van der Waals surface area contributed by atoms with Gasteiger partial charge < -0.3 is 15.6 Å². The number of anilines is 2. The maximum absolute atomic E-state index is 13.1. The number of benzene rings is 2. The SMILES string of the molecule is Cn1c(C(=O)Nc2ccc(C#N)cc2-c2nnn[nH]2)cc2c(Br)cc(Br)c(N)c21. The largest absolute Gasteiger partial charge is 0.396 e. The normalized spacial score (nSPS) is 10.8. The van der Waals surface area contributed by atoms with Crippen LogP contribution in [0, 0.1) is 11.3 Å². The van der Waals surface area contributed by atoms with E-state index in [0.717, 1.165) is 19.8 Å². The number of nitrogens with one attached hydrogen (secondary N) is 2. The first-order chi connectivity index (χ1) is 13.9. The molecule has 0 aliphatic rings. The highest BCUT2D eigenvalue weighted by Crippen LogP contribution is 2.37. The van der Waals surface area contributed by atoms with Crippen LogP contribution in [0.4, 0.5) is 11.4 Å². The number of hydrogen-bond donors (Lipinski definition) is 3. The molecule has 0 aliphatic heterocycles. The highest BCUT2D eigenvalue weighted by molar-refractivity contribution is 9.11. The second kappa shape index (κ2) is 7.31. The third-order valence-electron chi connectivity index (χ3n) is 4.49. The standard InChI is InChI=1S/C18H12Br2N8O/c1-28-14(5-9-11(19)6-12(20)15(22)16(9)28)18(29)23-13-3-2-8(7-21)4-10(13)17-24-26-27-25-17/h2-6H,22H2,1H3,(H,23,29)(H,24,25,26,27). The van der Waals surface area contributed by atoms with E-state index in [0.29, 0.717) is 34.0 Å². The van der Waals surface area contributed by atoms with Crippen molar-refractivity contribution >= 4 is 60.0 Å². The monoisotopic (exact) mass is 514 g/mol. The molecule has 2 aromatic heterocycles. The van der Waals surface area contributed by atoms with Gasteiger partial charge in [0, 0.05) is 26.9 Å². The number of aromatic amines is 1. The first-order valence-corrected chi connectivity index (χ1v) is 9.81. The van der Waals surface area contributed by atoms with Crippen molar-refractivity contribution in [1.82, 2.24) is 25.2 Å². The minimum atomic E-state index is -0.343. The number of nitrogen functional groups attached to an aromatic ring is 1. The van der Waals surface area contributed by atoms with Gasteiger partial charge in [0.15, 0.2) is 5.82 Å². The smallest absolute Gasteiger partial charge is 0.272 e. The van der Waals surface area contributed by atoms with Crippen LogP contribution < -0.4 is 11.1 Å². The molecule has 0 fully saturated rings. The Morgan fingerprint density at radius 2 is 2.07 bits per heavy atom. The number of nitrogens with zero attached hydrogens (tertiary/aromatic N) is 5. The molecular formula is C18H12Br2N8O. The number of nitrogens with two attached hydrogens (primary N) is 1. The molecule has 0 bridgehead atoms. The van der Waals surface area contributed by atoms with E-state index in [1.807, 2.05) is 6.07 Å². The maximum atomic E-state index is 13.1. The third-order valence-corrected chi connectivity index (χ3v) is 5.80. The Labute approximate surface area is 181 Å². The number of hydrogen-bond acceptors (Lipinski definition) is 6. The van der Waals surface area contributed by atoms with Crippen molar-refractivity contribution in [3.8, 4) is 17.5 Å². The minimum Gasteiger partial charge on any atom is -0.396 e. The topological polar surface area (TPSA) is 138 Å². The lowest BCUT2D eigenvalue weighted by molar-refractivity contribution is 0.102. The number of halogens is 2. The predicted octanol–water partition coefficient (Wildman–Crippen LogP) is 3.59. The number of tetrazole rings is 1. The molecule has 4 aromatic rings. The summed E-state index contributed by atoms with van der Waals surface area (Å²) in [7, 11) is 1.77. The molecule has 4 rings (SSSR count). The maximum Gasteiger partial charge on any atom is 0.272 e. The molecule has 0 saturated heterocycles. The number of H-pyrrole nitrogens is 1. The molecule has 1 amide bonds. The molecule has 29 heavy (non-hydrogen) atoms. The summed E-state index contributed by atoms with van der Waals surface area (Å²) in [5.74, 6) is -0.00471. The molecule has 0 aliphatic carbocycles. The zero-order valence-electron chi connectivity index (χ0n) is 14.9. The summed E-state index contributed by atoms with van der Waals surface area (Å²) in [6.07, 6.45) is 0. The van der Waals surface area contributed by atoms with Gasteiger partial charge in [0.1, 0.15) is 5.69 Å². The van der Waals surface area contributed by atoms with Crippen LogP contribution in [0.1, 0.15) is 16.1 Å². The summed E-state index contributed by atoms with van der Waals surface area (Å²) >= 11 is 6.94. The van der Waals surface area contributed by atoms with E-state index in [-0.39, 0.29) is 5.91 Å². The second-order valence-electron chi connectivity index (χ2n) is 6.18. The molecule has 2 aromatic carbocycles. The Hall–Kier alpha value is -3.23. The Bertz CT molecular complexity index is 1300. The van der Waals surface area contributed by atoms with Crippen molar-refractivity contribution in [2.24, 2.45) is 7.05 Å². The summed E-state index contributed by atoms with van der Waals surface area (Å²) < 4.78 is 3.28. The number of aromatic nitrogens is 5. The number of fused-ring (bicyclic) bond motifs is 1. The zero-order chi connectivity index (χ0) is 20.7. The summed E-state index contributed by atoms with van der Waals surface area (Å²) in [4.78, 5) is 13.1. The predicted molar refractivity (Wildman–Crippen MR) is 115 cm³/mol. The Kier molecular flexibility index (Phi) is 4.81. The van der Waals surface area contributed by atoms with Crippen molar-refractivity contribution < 1.29 is 4.79 Å². The van der Waals surface area contributed by atoms with Crippen LogP contribution in [0.3, 0.4) is 0 Å². The van der Waals surface area contributed by atoms with Gasteiger partial charge in [-0.15, -0.1) is 5.10 Å².